The second-order valence-corrected chi connectivity index (χ2v) is 5.21. The molecule has 0 aliphatic heterocycles. The Morgan fingerprint density at radius 2 is 2.14 bits per heavy atom. The topological polar surface area (TPSA) is 85.0 Å². The van der Waals surface area contributed by atoms with Crippen molar-refractivity contribution in [2.75, 3.05) is 5.32 Å². The summed E-state index contributed by atoms with van der Waals surface area (Å²) in [4.78, 5) is 10.1. The molecule has 0 aliphatic rings. The molecule has 0 unspecified atom stereocenters. The Bertz CT molecular complexity index is 686. The van der Waals surface area contributed by atoms with Crippen LogP contribution in [0.5, 0.6) is 0 Å². The van der Waals surface area contributed by atoms with Crippen LogP contribution in [0.25, 0.3) is 0 Å². The highest BCUT2D eigenvalue weighted by atomic mass is 35.5. The molecule has 1 heterocycles. The molecule has 0 fully saturated rings. The zero-order chi connectivity index (χ0) is 16.1. The second kappa shape index (κ2) is 7.19. The van der Waals surface area contributed by atoms with Gasteiger partial charge in [-0.3, -0.25) is 14.8 Å². The highest BCUT2D eigenvalue weighted by Crippen LogP contribution is 2.16. The number of aromatic nitrogens is 2. The molecule has 0 spiro atoms. The van der Waals surface area contributed by atoms with Crippen molar-refractivity contribution >= 4 is 40.3 Å². The standard InChI is InChI=1S/C13H14ClN5O2S/c1-2-18-8-11(14)12(17-18)7-15-13(22)16-9-3-5-10(6-4-9)19(20)21/h3-6,8H,2,7H2,1H3,(H2,15,16,22). The SMILES string of the molecule is CCn1cc(Cl)c(CNC(=S)Nc2ccc([N+](=O)[O-])cc2)n1. The van der Waals surface area contributed by atoms with E-state index in [0.29, 0.717) is 28.1 Å². The molecule has 0 amide bonds. The molecule has 0 radical (unpaired) electrons. The quantitative estimate of drug-likeness (QED) is 0.495. The van der Waals surface area contributed by atoms with Crippen LogP contribution in [0, 0.1) is 10.1 Å². The van der Waals surface area contributed by atoms with E-state index in [2.05, 4.69) is 15.7 Å². The van der Waals surface area contributed by atoms with Gasteiger partial charge in [0.05, 0.1) is 16.5 Å². The van der Waals surface area contributed by atoms with Crippen molar-refractivity contribution in [3.8, 4) is 0 Å². The van der Waals surface area contributed by atoms with E-state index in [1.54, 1.807) is 23.0 Å². The average molecular weight is 340 g/mol. The summed E-state index contributed by atoms with van der Waals surface area (Å²) in [6.07, 6.45) is 1.76. The van der Waals surface area contributed by atoms with Gasteiger partial charge < -0.3 is 10.6 Å². The summed E-state index contributed by atoms with van der Waals surface area (Å²) < 4.78 is 1.74. The van der Waals surface area contributed by atoms with Gasteiger partial charge in [-0.15, -0.1) is 0 Å². The Hall–Kier alpha value is -2.19. The van der Waals surface area contributed by atoms with Crippen molar-refractivity contribution in [2.24, 2.45) is 0 Å². The van der Waals surface area contributed by atoms with E-state index < -0.39 is 4.92 Å². The third-order valence-corrected chi connectivity index (χ3v) is 3.43. The summed E-state index contributed by atoms with van der Waals surface area (Å²) in [5.74, 6) is 0. The van der Waals surface area contributed by atoms with Gasteiger partial charge in [0.2, 0.25) is 0 Å². The molecule has 1 aromatic heterocycles. The molecule has 22 heavy (non-hydrogen) atoms. The Labute approximate surface area is 137 Å². The van der Waals surface area contributed by atoms with Crippen LogP contribution in [-0.2, 0) is 13.1 Å². The van der Waals surface area contributed by atoms with Crippen LogP contribution in [0.3, 0.4) is 0 Å². The molecule has 0 atom stereocenters. The molecule has 2 N–H and O–H groups in total. The smallest absolute Gasteiger partial charge is 0.269 e. The first kappa shape index (κ1) is 16.2. The van der Waals surface area contributed by atoms with Crippen LogP contribution in [-0.4, -0.2) is 19.8 Å². The lowest BCUT2D eigenvalue weighted by Gasteiger charge is -2.09. The molecular weight excluding hydrogens is 326 g/mol. The van der Waals surface area contributed by atoms with Crippen LogP contribution in [0.1, 0.15) is 12.6 Å². The number of hydrogen-bond acceptors (Lipinski definition) is 4. The maximum Gasteiger partial charge on any atom is 0.269 e. The third kappa shape index (κ3) is 4.15. The van der Waals surface area contributed by atoms with Gasteiger partial charge in [-0.25, -0.2) is 0 Å². The molecule has 0 aliphatic carbocycles. The Kier molecular flexibility index (Phi) is 5.29. The fraction of sp³-hybridized carbons (Fsp3) is 0.231. The highest BCUT2D eigenvalue weighted by molar-refractivity contribution is 7.80. The number of nitro groups is 1. The molecule has 2 rings (SSSR count). The summed E-state index contributed by atoms with van der Waals surface area (Å²) >= 11 is 11.2. The average Bonchev–Trinajstić information content (AvgIpc) is 2.86. The van der Waals surface area contributed by atoms with E-state index in [0.717, 1.165) is 6.54 Å². The molecule has 7 nitrogen and oxygen atoms in total. The Balaban J connectivity index is 1.89. The summed E-state index contributed by atoms with van der Waals surface area (Å²) in [6.45, 7) is 3.11. The van der Waals surface area contributed by atoms with Crippen molar-refractivity contribution in [3.05, 3.63) is 51.3 Å². The number of hydrogen-bond donors (Lipinski definition) is 2. The van der Waals surface area contributed by atoms with E-state index in [1.165, 1.54) is 12.1 Å². The summed E-state index contributed by atoms with van der Waals surface area (Å²) in [7, 11) is 0. The molecular formula is C13H14ClN5O2S. The fourth-order valence-corrected chi connectivity index (χ4v) is 2.13. The number of non-ortho nitro benzene ring substituents is 1. The van der Waals surface area contributed by atoms with Crippen molar-refractivity contribution < 1.29 is 4.92 Å². The Morgan fingerprint density at radius 3 is 2.68 bits per heavy atom. The molecule has 0 saturated heterocycles. The van der Waals surface area contributed by atoms with E-state index >= 15 is 0 Å². The summed E-state index contributed by atoms with van der Waals surface area (Å²) in [6, 6.07) is 5.99. The number of thiocarbonyl (C=S) groups is 1. The van der Waals surface area contributed by atoms with Crippen LogP contribution < -0.4 is 10.6 Å². The number of halogens is 1. The maximum atomic E-state index is 10.6. The second-order valence-electron chi connectivity index (χ2n) is 4.39. The lowest BCUT2D eigenvalue weighted by Crippen LogP contribution is -2.28. The van der Waals surface area contributed by atoms with Gasteiger partial charge in [0.15, 0.2) is 5.11 Å². The summed E-state index contributed by atoms with van der Waals surface area (Å²) in [5, 5.41) is 21.8. The molecule has 1 aromatic carbocycles. The minimum atomic E-state index is -0.452. The number of benzene rings is 1. The van der Waals surface area contributed by atoms with Gasteiger partial charge in [0.25, 0.3) is 5.69 Å². The minimum Gasteiger partial charge on any atom is -0.357 e. The number of rotatable bonds is 5. The van der Waals surface area contributed by atoms with Crippen LogP contribution >= 0.6 is 23.8 Å². The van der Waals surface area contributed by atoms with E-state index in [9.17, 15) is 10.1 Å². The van der Waals surface area contributed by atoms with Crippen molar-refractivity contribution in [1.82, 2.24) is 15.1 Å². The first-order chi connectivity index (χ1) is 10.5. The molecule has 9 heteroatoms. The maximum absolute atomic E-state index is 10.6. The minimum absolute atomic E-state index is 0.0290. The van der Waals surface area contributed by atoms with Gasteiger partial charge in [0.1, 0.15) is 5.69 Å². The van der Waals surface area contributed by atoms with E-state index in [4.69, 9.17) is 23.8 Å². The first-order valence-electron chi connectivity index (χ1n) is 6.50. The zero-order valence-corrected chi connectivity index (χ0v) is 13.3. The Morgan fingerprint density at radius 1 is 1.45 bits per heavy atom. The molecule has 2 aromatic rings. The number of aryl methyl sites for hydroxylation is 1. The molecule has 0 saturated carbocycles. The third-order valence-electron chi connectivity index (χ3n) is 2.86. The van der Waals surface area contributed by atoms with Gasteiger partial charge in [-0.05, 0) is 31.3 Å². The van der Waals surface area contributed by atoms with Gasteiger partial charge in [-0.2, -0.15) is 5.10 Å². The lowest BCUT2D eigenvalue weighted by atomic mass is 10.3. The monoisotopic (exact) mass is 339 g/mol. The lowest BCUT2D eigenvalue weighted by molar-refractivity contribution is -0.384. The van der Waals surface area contributed by atoms with Crippen molar-refractivity contribution in [3.63, 3.8) is 0 Å². The number of nitrogens with zero attached hydrogens (tertiary/aromatic N) is 3. The first-order valence-corrected chi connectivity index (χ1v) is 7.29. The van der Waals surface area contributed by atoms with Crippen LogP contribution in [0.4, 0.5) is 11.4 Å². The van der Waals surface area contributed by atoms with Gasteiger partial charge in [-0.1, -0.05) is 11.6 Å². The highest BCUT2D eigenvalue weighted by Gasteiger charge is 2.08. The number of nitro benzene ring substituents is 1. The largest absolute Gasteiger partial charge is 0.357 e. The van der Waals surface area contributed by atoms with E-state index in [-0.39, 0.29) is 5.69 Å². The summed E-state index contributed by atoms with van der Waals surface area (Å²) in [5.41, 5.74) is 1.39. The van der Waals surface area contributed by atoms with Crippen molar-refractivity contribution in [1.29, 1.82) is 0 Å². The number of nitrogens with one attached hydrogen (secondary N) is 2. The number of anilines is 1. The molecule has 0 bridgehead atoms. The van der Waals surface area contributed by atoms with Gasteiger partial charge in [0, 0.05) is 30.6 Å². The van der Waals surface area contributed by atoms with E-state index in [1.807, 2.05) is 6.92 Å². The van der Waals surface area contributed by atoms with Crippen LogP contribution in [0.15, 0.2) is 30.5 Å². The molecule has 116 valence electrons. The van der Waals surface area contributed by atoms with Crippen molar-refractivity contribution in [2.45, 2.75) is 20.0 Å². The fourth-order valence-electron chi connectivity index (χ4n) is 1.72. The van der Waals surface area contributed by atoms with Gasteiger partial charge >= 0.3 is 0 Å². The predicted molar refractivity (Wildman–Crippen MR) is 89.1 cm³/mol. The normalized spacial score (nSPS) is 10.3. The zero-order valence-electron chi connectivity index (χ0n) is 11.7. The van der Waals surface area contributed by atoms with Crippen LogP contribution in [0.2, 0.25) is 5.02 Å². The predicted octanol–water partition coefficient (Wildman–Crippen LogP) is 2.95.